The van der Waals surface area contributed by atoms with E-state index in [1.165, 1.54) is 0 Å². The van der Waals surface area contributed by atoms with Crippen LogP contribution in [0.5, 0.6) is 0 Å². The molecule has 2 nitrogen and oxygen atoms in total. The van der Waals surface area contributed by atoms with Gasteiger partial charge in [-0.25, -0.2) is 0 Å². The molecule has 0 unspecified atom stereocenters. The first kappa shape index (κ1) is 11.4. The van der Waals surface area contributed by atoms with Crippen LogP contribution in [0.3, 0.4) is 0 Å². The van der Waals surface area contributed by atoms with Gasteiger partial charge >= 0.3 is 5.97 Å². The Labute approximate surface area is 92.3 Å². The number of halogens is 1. The number of thioether (sulfide) groups is 1. The molecule has 0 heterocycles. The fraction of sp³-hybridized carbons (Fsp3) is 0.300. The number of carboxylic acid groups (broad SMARTS) is 1. The Morgan fingerprint density at radius 3 is 2.86 bits per heavy atom. The molecule has 14 heavy (non-hydrogen) atoms. The monoisotopic (exact) mass is 230 g/mol. The average molecular weight is 231 g/mol. The van der Waals surface area contributed by atoms with Crippen molar-refractivity contribution < 1.29 is 9.90 Å². The highest BCUT2D eigenvalue weighted by Crippen LogP contribution is 2.27. The highest BCUT2D eigenvalue weighted by Gasteiger charge is 2.04. The van der Waals surface area contributed by atoms with E-state index in [0.29, 0.717) is 5.02 Å². The maximum absolute atomic E-state index is 10.5. The number of hydrogen-bond acceptors (Lipinski definition) is 2. The van der Waals surface area contributed by atoms with Gasteiger partial charge in [0.05, 0.1) is 11.4 Å². The number of aliphatic carboxylic acids is 1. The molecule has 0 radical (unpaired) electrons. The molecule has 0 saturated heterocycles. The molecule has 0 aliphatic heterocycles. The van der Waals surface area contributed by atoms with Gasteiger partial charge in [0.1, 0.15) is 0 Å². The van der Waals surface area contributed by atoms with Crippen LogP contribution in [0.25, 0.3) is 0 Å². The maximum Gasteiger partial charge on any atom is 0.307 e. The summed E-state index contributed by atoms with van der Waals surface area (Å²) in [5.74, 6) is 0.107. The van der Waals surface area contributed by atoms with Crippen LogP contribution in [0.15, 0.2) is 23.1 Å². The van der Waals surface area contributed by atoms with Crippen LogP contribution >= 0.6 is 23.4 Å². The zero-order valence-electron chi connectivity index (χ0n) is 7.79. The van der Waals surface area contributed by atoms with E-state index < -0.39 is 5.97 Å². The normalized spacial score (nSPS) is 10.1. The number of hydrogen-bond donors (Lipinski definition) is 1. The Morgan fingerprint density at radius 1 is 1.57 bits per heavy atom. The van der Waals surface area contributed by atoms with Gasteiger partial charge in [0.2, 0.25) is 0 Å². The van der Waals surface area contributed by atoms with Crippen molar-refractivity contribution in [3.8, 4) is 0 Å². The molecule has 1 rings (SSSR count). The molecule has 0 aliphatic rings. The summed E-state index contributed by atoms with van der Waals surface area (Å²) in [6.45, 7) is 2.03. The van der Waals surface area contributed by atoms with Crippen molar-refractivity contribution in [2.75, 3.05) is 5.75 Å². The number of benzene rings is 1. The van der Waals surface area contributed by atoms with Crippen molar-refractivity contribution in [3.63, 3.8) is 0 Å². The summed E-state index contributed by atoms with van der Waals surface area (Å²) in [6.07, 6.45) is 0.0500. The molecular formula is C10H11ClO2S. The van der Waals surface area contributed by atoms with Crippen LogP contribution in [-0.4, -0.2) is 16.8 Å². The molecule has 1 aromatic rings. The van der Waals surface area contributed by atoms with E-state index >= 15 is 0 Å². The first-order chi connectivity index (χ1) is 6.63. The molecule has 1 N–H and O–H groups in total. The first-order valence-electron chi connectivity index (χ1n) is 4.26. The van der Waals surface area contributed by atoms with Crippen LogP contribution < -0.4 is 0 Å². The van der Waals surface area contributed by atoms with Crippen LogP contribution in [0.4, 0.5) is 0 Å². The molecular weight excluding hydrogens is 220 g/mol. The van der Waals surface area contributed by atoms with Crippen molar-refractivity contribution in [3.05, 3.63) is 28.8 Å². The summed E-state index contributed by atoms with van der Waals surface area (Å²) in [5, 5.41) is 9.30. The van der Waals surface area contributed by atoms with Crippen molar-refractivity contribution in [1.29, 1.82) is 0 Å². The van der Waals surface area contributed by atoms with Gasteiger partial charge in [-0.05, 0) is 23.4 Å². The van der Waals surface area contributed by atoms with Gasteiger partial charge in [0, 0.05) is 4.90 Å². The highest BCUT2D eigenvalue weighted by atomic mass is 35.5. The maximum atomic E-state index is 10.5. The van der Waals surface area contributed by atoms with Gasteiger partial charge in [0.25, 0.3) is 0 Å². The van der Waals surface area contributed by atoms with E-state index in [4.69, 9.17) is 16.7 Å². The van der Waals surface area contributed by atoms with Crippen LogP contribution in [0.1, 0.15) is 12.5 Å². The molecule has 0 aliphatic carbocycles. The lowest BCUT2D eigenvalue weighted by Gasteiger charge is -2.04. The second-order valence-electron chi connectivity index (χ2n) is 2.77. The van der Waals surface area contributed by atoms with Crippen molar-refractivity contribution in [2.45, 2.75) is 18.2 Å². The van der Waals surface area contributed by atoms with E-state index in [-0.39, 0.29) is 6.42 Å². The molecule has 0 atom stereocenters. The lowest BCUT2D eigenvalue weighted by atomic mass is 10.1. The third kappa shape index (κ3) is 3.24. The minimum Gasteiger partial charge on any atom is -0.481 e. The van der Waals surface area contributed by atoms with Crippen LogP contribution in [-0.2, 0) is 11.2 Å². The molecule has 0 spiro atoms. The molecule has 0 fully saturated rings. The quantitative estimate of drug-likeness (QED) is 0.808. The zero-order valence-corrected chi connectivity index (χ0v) is 9.36. The summed E-state index contributed by atoms with van der Waals surface area (Å²) >= 11 is 7.56. The third-order valence-corrected chi connectivity index (χ3v) is 3.03. The molecule has 0 amide bonds. The van der Waals surface area contributed by atoms with Gasteiger partial charge in [-0.1, -0.05) is 24.6 Å². The number of carbonyl (C=O) groups is 1. The minimum atomic E-state index is -0.820. The number of rotatable bonds is 4. The second kappa shape index (κ2) is 5.27. The second-order valence-corrected chi connectivity index (χ2v) is 4.48. The fourth-order valence-electron chi connectivity index (χ4n) is 1.10. The van der Waals surface area contributed by atoms with Crippen molar-refractivity contribution in [2.24, 2.45) is 0 Å². The summed E-state index contributed by atoms with van der Waals surface area (Å²) in [5.41, 5.74) is 0.790. The van der Waals surface area contributed by atoms with E-state index in [9.17, 15) is 4.79 Å². The van der Waals surface area contributed by atoms with Crippen molar-refractivity contribution in [1.82, 2.24) is 0 Å². The van der Waals surface area contributed by atoms with E-state index in [2.05, 4.69) is 0 Å². The molecule has 76 valence electrons. The predicted molar refractivity (Wildman–Crippen MR) is 59.2 cm³/mol. The van der Waals surface area contributed by atoms with E-state index in [0.717, 1.165) is 16.2 Å². The summed E-state index contributed by atoms with van der Waals surface area (Å²) in [7, 11) is 0. The predicted octanol–water partition coefficient (Wildman–Crippen LogP) is 3.08. The standard InChI is InChI=1S/C10H11ClO2S/c1-2-14-9-5-7(6-10(12)13)3-4-8(9)11/h3-5H,2,6H2,1H3,(H,12,13). The zero-order chi connectivity index (χ0) is 10.6. The molecule has 0 bridgehead atoms. The first-order valence-corrected chi connectivity index (χ1v) is 5.63. The number of carboxylic acids is 1. The molecule has 1 aromatic carbocycles. The topological polar surface area (TPSA) is 37.3 Å². The van der Waals surface area contributed by atoms with Gasteiger partial charge in [-0.15, -0.1) is 11.8 Å². The van der Waals surface area contributed by atoms with E-state index in [1.807, 2.05) is 13.0 Å². The summed E-state index contributed by atoms with van der Waals surface area (Å²) in [4.78, 5) is 11.4. The smallest absolute Gasteiger partial charge is 0.307 e. The molecule has 0 saturated carbocycles. The van der Waals surface area contributed by atoms with Crippen LogP contribution in [0.2, 0.25) is 5.02 Å². The average Bonchev–Trinajstić information content (AvgIpc) is 2.10. The lowest BCUT2D eigenvalue weighted by molar-refractivity contribution is -0.136. The molecule has 4 heteroatoms. The third-order valence-electron chi connectivity index (χ3n) is 1.65. The van der Waals surface area contributed by atoms with Gasteiger partial charge < -0.3 is 5.11 Å². The Balaban J connectivity index is 2.88. The lowest BCUT2D eigenvalue weighted by Crippen LogP contribution is -1.99. The van der Waals surface area contributed by atoms with Gasteiger partial charge in [0.15, 0.2) is 0 Å². The van der Waals surface area contributed by atoms with Crippen LogP contribution in [0, 0.1) is 0 Å². The Bertz CT molecular complexity index is 339. The summed E-state index contributed by atoms with van der Waals surface area (Å²) < 4.78 is 0. The Morgan fingerprint density at radius 2 is 2.29 bits per heavy atom. The SMILES string of the molecule is CCSc1cc(CC(=O)O)ccc1Cl. The summed E-state index contributed by atoms with van der Waals surface area (Å²) in [6, 6.07) is 5.33. The van der Waals surface area contributed by atoms with Gasteiger partial charge in [-0.2, -0.15) is 0 Å². The molecule has 0 aromatic heterocycles. The Kier molecular flexibility index (Phi) is 4.29. The van der Waals surface area contributed by atoms with Gasteiger partial charge in [-0.3, -0.25) is 4.79 Å². The van der Waals surface area contributed by atoms with Crippen molar-refractivity contribution >= 4 is 29.3 Å². The van der Waals surface area contributed by atoms with E-state index in [1.54, 1.807) is 23.9 Å². The fourth-order valence-corrected chi connectivity index (χ4v) is 2.13. The largest absolute Gasteiger partial charge is 0.481 e. The Hall–Kier alpha value is -0.670. The highest BCUT2D eigenvalue weighted by molar-refractivity contribution is 7.99. The minimum absolute atomic E-state index is 0.0500.